The summed E-state index contributed by atoms with van der Waals surface area (Å²) in [5.74, 6) is -0.174. The van der Waals surface area contributed by atoms with Crippen molar-refractivity contribution in [3.63, 3.8) is 0 Å². The van der Waals surface area contributed by atoms with E-state index in [4.69, 9.17) is 10.5 Å². The van der Waals surface area contributed by atoms with Gasteiger partial charge >= 0.3 is 12.5 Å². The highest BCUT2D eigenvalue weighted by Crippen LogP contribution is 2.34. The lowest BCUT2D eigenvalue weighted by Crippen LogP contribution is -2.17. The van der Waals surface area contributed by atoms with Crippen LogP contribution < -0.4 is 15.8 Å². The third kappa shape index (κ3) is 6.59. The molecule has 0 fully saturated rings. The summed E-state index contributed by atoms with van der Waals surface area (Å²) < 4.78 is 46.0. The molecule has 1 atom stereocenters. The summed E-state index contributed by atoms with van der Waals surface area (Å²) in [6, 6.07) is 19.6. The zero-order valence-electron chi connectivity index (χ0n) is 18.3. The fraction of sp³-hybridized carbons (Fsp3) is 0.160. The first-order chi connectivity index (χ1) is 16.8. The Labute approximate surface area is 200 Å². The molecule has 4 rings (SSSR count). The molecule has 0 radical (unpaired) electrons. The molecule has 182 valence electrons. The van der Waals surface area contributed by atoms with E-state index in [9.17, 15) is 18.0 Å². The van der Waals surface area contributed by atoms with Gasteiger partial charge in [0.2, 0.25) is 0 Å². The standard InChI is InChI=1S/C25H21F3N4O3.H2/c26-25(27,28)35-20-12-10-18(11-13-20)30-15-31-23(29)17-5-8-19(9-6-17)32-24(33)34-22-14-7-16-3-1-2-4-21(16)22;/h1-6,8-13,15,22H,7,14H2,(H,32,33)(H2,29,30,31);1H. The monoisotopic (exact) mass is 484 g/mol. The van der Waals surface area contributed by atoms with Crippen molar-refractivity contribution in [2.24, 2.45) is 15.7 Å². The van der Waals surface area contributed by atoms with Crippen LogP contribution in [0.5, 0.6) is 5.75 Å². The molecule has 0 heterocycles. The van der Waals surface area contributed by atoms with Gasteiger partial charge in [-0.1, -0.05) is 24.3 Å². The second-order valence-corrected chi connectivity index (χ2v) is 7.63. The third-order valence-electron chi connectivity index (χ3n) is 5.23. The number of nitrogens with zero attached hydrogens (tertiary/aromatic N) is 2. The Bertz CT molecular complexity index is 1250. The molecule has 0 saturated heterocycles. The Kier molecular flexibility index (Phi) is 7.00. The minimum atomic E-state index is -4.75. The van der Waals surface area contributed by atoms with E-state index in [0.717, 1.165) is 30.5 Å². The van der Waals surface area contributed by atoms with Crippen LogP contribution in [-0.2, 0) is 11.2 Å². The van der Waals surface area contributed by atoms with Crippen LogP contribution in [0.3, 0.4) is 0 Å². The van der Waals surface area contributed by atoms with Gasteiger partial charge in [-0.2, -0.15) is 0 Å². The van der Waals surface area contributed by atoms with Crippen LogP contribution in [0.25, 0.3) is 0 Å². The van der Waals surface area contributed by atoms with Gasteiger partial charge in [-0.3, -0.25) is 5.32 Å². The van der Waals surface area contributed by atoms with Crippen molar-refractivity contribution in [3.8, 4) is 5.75 Å². The van der Waals surface area contributed by atoms with Gasteiger partial charge in [-0.25, -0.2) is 14.8 Å². The molecule has 0 bridgehead atoms. The van der Waals surface area contributed by atoms with E-state index in [2.05, 4.69) is 20.0 Å². The van der Waals surface area contributed by atoms with E-state index in [0.29, 0.717) is 16.9 Å². The van der Waals surface area contributed by atoms with Gasteiger partial charge < -0.3 is 15.2 Å². The average Bonchev–Trinajstić information content (AvgIpc) is 3.22. The molecule has 1 aliphatic rings. The number of amides is 1. The van der Waals surface area contributed by atoms with Gasteiger partial charge in [-0.15, -0.1) is 13.2 Å². The number of carbonyl (C=O) groups excluding carboxylic acids is 1. The molecule has 35 heavy (non-hydrogen) atoms. The number of hydrogen-bond donors (Lipinski definition) is 2. The maximum atomic E-state index is 12.3. The Morgan fingerprint density at radius 1 is 1.06 bits per heavy atom. The van der Waals surface area contributed by atoms with Crippen molar-refractivity contribution in [3.05, 3.63) is 89.5 Å². The normalized spacial score (nSPS) is 15.6. The number of alkyl halides is 3. The maximum absolute atomic E-state index is 12.3. The van der Waals surface area contributed by atoms with Crippen molar-refractivity contribution in [2.75, 3.05) is 5.32 Å². The van der Waals surface area contributed by atoms with Crippen LogP contribution in [0.2, 0.25) is 0 Å². The van der Waals surface area contributed by atoms with E-state index in [-0.39, 0.29) is 19.1 Å². The highest BCUT2D eigenvalue weighted by Gasteiger charge is 2.31. The van der Waals surface area contributed by atoms with Crippen molar-refractivity contribution in [1.82, 2.24) is 0 Å². The van der Waals surface area contributed by atoms with Crippen LogP contribution in [0.4, 0.5) is 29.3 Å². The topological polar surface area (TPSA) is 98.3 Å². The van der Waals surface area contributed by atoms with Gasteiger partial charge in [0.15, 0.2) is 0 Å². The number of carbonyl (C=O) groups is 1. The predicted octanol–water partition coefficient (Wildman–Crippen LogP) is 6.13. The molecule has 0 spiro atoms. The fourth-order valence-corrected chi connectivity index (χ4v) is 3.61. The highest BCUT2D eigenvalue weighted by atomic mass is 19.4. The predicted molar refractivity (Wildman–Crippen MR) is 128 cm³/mol. The first-order valence-electron chi connectivity index (χ1n) is 10.6. The highest BCUT2D eigenvalue weighted by molar-refractivity contribution is 6.01. The summed E-state index contributed by atoms with van der Waals surface area (Å²) in [5.41, 5.74) is 9.69. The van der Waals surface area contributed by atoms with Crippen LogP contribution in [0.15, 0.2) is 82.8 Å². The molecule has 1 unspecified atom stereocenters. The number of aryl methyl sites for hydroxylation is 1. The number of halogens is 3. The van der Waals surface area contributed by atoms with Crippen LogP contribution in [-0.4, -0.2) is 24.6 Å². The number of ether oxygens (including phenoxy) is 2. The van der Waals surface area contributed by atoms with E-state index in [1.165, 1.54) is 24.0 Å². The van der Waals surface area contributed by atoms with E-state index >= 15 is 0 Å². The molecule has 7 nitrogen and oxygen atoms in total. The second kappa shape index (κ2) is 10.3. The number of aliphatic imine (C=N–C) groups is 2. The molecule has 0 saturated carbocycles. The van der Waals surface area contributed by atoms with Crippen molar-refractivity contribution < 1.29 is 28.9 Å². The summed E-state index contributed by atoms with van der Waals surface area (Å²) in [6.07, 6.45) is -2.73. The third-order valence-corrected chi connectivity index (χ3v) is 5.23. The number of fused-ring (bicyclic) bond motifs is 1. The van der Waals surface area contributed by atoms with Gasteiger partial charge in [0.05, 0.1) is 5.69 Å². The summed E-state index contributed by atoms with van der Waals surface area (Å²) >= 11 is 0. The smallest absolute Gasteiger partial charge is 0.441 e. The molecule has 0 aromatic heterocycles. The molecule has 10 heteroatoms. The Hall–Kier alpha value is -4.34. The molecular formula is C25H23F3N4O3. The molecular weight excluding hydrogens is 461 g/mol. The summed E-state index contributed by atoms with van der Waals surface area (Å²) in [5, 5.41) is 2.70. The SMILES string of the molecule is NC(=NC=Nc1ccc(OC(F)(F)F)cc1)c1ccc(NC(=O)OC2CCc3ccccc32)cc1.[HH]. The van der Waals surface area contributed by atoms with Gasteiger partial charge in [0, 0.05) is 12.7 Å². The average molecular weight is 484 g/mol. The zero-order valence-corrected chi connectivity index (χ0v) is 18.3. The van der Waals surface area contributed by atoms with E-state index in [1.807, 2.05) is 24.3 Å². The number of anilines is 1. The van der Waals surface area contributed by atoms with Crippen LogP contribution in [0, 0.1) is 0 Å². The fourth-order valence-electron chi connectivity index (χ4n) is 3.61. The van der Waals surface area contributed by atoms with E-state index in [1.54, 1.807) is 24.3 Å². The molecule has 1 aliphatic carbocycles. The quantitative estimate of drug-likeness (QED) is 0.325. The number of nitrogens with one attached hydrogen (secondary N) is 1. The number of nitrogens with two attached hydrogens (primary N) is 1. The summed E-state index contributed by atoms with van der Waals surface area (Å²) in [6.45, 7) is 0. The zero-order chi connectivity index (χ0) is 24.8. The minimum absolute atomic E-state index is 0. The first-order valence-corrected chi connectivity index (χ1v) is 10.6. The van der Waals surface area contributed by atoms with Gasteiger partial charge in [0.25, 0.3) is 0 Å². The van der Waals surface area contributed by atoms with Crippen molar-refractivity contribution in [1.29, 1.82) is 0 Å². The number of hydrogen-bond acceptors (Lipinski definition) is 4. The van der Waals surface area contributed by atoms with Gasteiger partial charge in [0.1, 0.15) is 24.0 Å². The Balaban J connectivity index is 0.00000361. The van der Waals surface area contributed by atoms with Crippen LogP contribution in [0.1, 0.15) is 30.6 Å². The van der Waals surface area contributed by atoms with Crippen molar-refractivity contribution >= 4 is 29.6 Å². The number of rotatable bonds is 6. The Morgan fingerprint density at radius 3 is 2.49 bits per heavy atom. The molecule has 1 amide bonds. The second-order valence-electron chi connectivity index (χ2n) is 7.63. The lowest BCUT2D eigenvalue weighted by Gasteiger charge is -2.14. The minimum Gasteiger partial charge on any atom is -0.441 e. The maximum Gasteiger partial charge on any atom is 0.573 e. The lowest BCUT2D eigenvalue weighted by atomic mass is 10.1. The lowest BCUT2D eigenvalue weighted by molar-refractivity contribution is -0.274. The molecule has 3 aromatic carbocycles. The molecule has 0 aliphatic heterocycles. The largest absolute Gasteiger partial charge is 0.573 e. The summed E-state index contributed by atoms with van der Waals surface area (Å²) in [4.78, 5) is 20.4. The van der Waals surface area contributed by atoms with Crippen LogP contribution >= 0.6 is 0 Å². The molecule has 3 aromatic rings. The molecule has 3 N–H and O–H groups in total. The first kappa shape index (κ1) is 23.8. The Morgan fingerprint density at radius 2 is 1.77 bits per heavy atom. The number of amidine groups is 1. The van der Waals surface area contributed by atoms with Gasteiger partial charge in [-0.05, 0) is 72.5 Å². The van der Waals surface area contributed by atoms with E-state index < -0.39 is 12.5 Å². The summed E-state index contributed by atoms with van der Waals surface area (Å²) in [7, 11) is 0. The van der Waals surface area contributed by atoms with Crippen molar-refractivity contribution in [2.45, 2.75) is 25.3 Å². The number of benzene rings is 3.